The number of thiocarbonyl (C=S) groups is 1. The fourth-order valence-corrected chi connectivity index (χ4v) is 4.43. The zero-order valence-corrected chi connectivity index (χ0v) is 16.8. The van der Waals surface area contributed by atoms with Gasteiger partial charge in [-0.1, -0.05) is 54.3 Å². The summed E-state index contributed by atoms with van der Waals surface area (Å²) >= 11 is 6.59. The van der Waals surface area contributed by atoms with E-state index in [1.807, 2.05) is 36.4 Å². The number of nitro groups is 1. The second-order valence-corrected chi connectivity index (χ2v) is 7.87. The van der Waals surface area contributed by atoms with Crippen LogP contribution in [-0.4, -0.2) is 22.3 Å². The van der Waals surface area contributed by atoms with Crippen LogP contribution in [0.4, 0.5) is 11.4 Å². The van der Waals surface area contributed by atoms with Gasteiger partial charge in [-0.3, -0.25) is 19.8 Å². The van der Waals surface area contributed by atoms with E-state index >= 15 is 0 Å². The van der Waals surface area contributed by atoms with Crippen molar-refractivity contribution in [2.45, 2.75) is 0 Å². The van der Waals surface area contributed by atoms with Gasteiger partial charge in [-0.25, -0.2) is 0 Å². The number of carbonyl (C=O) groups excluding carboxylic acids is 1. The summed E-state index contributed by atoms with van der Waals surface area (Å²) < 4.78 is 5.87. The van der Waals surface area contributed by atoms with Crippen LogP contribution in [0.2, 0.25) is 0 Å². The van der Waals surface area contributed by atoms with Crippen LogP contribution in [0.3, 0.4) is 0 Å². The molecule has 144 valence electrons. The molecule has 4 rings (SSSR count). The van der Waals surface area contributed by atoms with Crippen LogP contribution in [0.15, 0.2) is 65.6 Å². The predicted molar refractivity (Wildman–Crippen MR) is 119 cm³/mol. The van der Waals surface area contributed by atoms with Crippen molar-refractivity contribution in [3.63, 3.8) is 0 Å². The minimum absolute atomic E-state index is 0.0461. The number of nitrogens with zero attached hydrogens (tertiary/aromatic N) is 2. The van der Waals surface area contributed by atoms with E-state index in [0.717, 1.165) is 16.3 Å². The number of amides is 1. The van der Waals surface area contributed by atoms with Crippen LogP contribution in [0.5, 0.6) is 5.75 Å². The van der Waals surface area contributed by atoms with Crippen molar-refractivity contribution in [3.05, 3.63) is 81.2 Å². The van der Waals surface area contributed by atoms with E-state index in [1.165, 1.54) is 40.9 Å². The molecule has 0 spiro atoms. The Morgan fingerprint density at radius 2 is 1.83 bits per heavy atom. The number of non-ortho nitro benzene ring substituents is 1. The van der Waals surface area contributed by atoms with Gasteiger partial charge in [0.1, 0.15) is 5.75 Å². The van der Waals surface area contributed by atoms with Gasteiger partial charge >= 0.3 is 0 Å². The fraction of sp³-hybridized carbons (Fsp3) is 0.0476. The quantitative estimate of drug-likeness (QED) is 0.250. The van der Waals surface area contributed by atoms with Crippen LogP contribution in [0.25, 0.3) is 16.8 Å². The van der Waals surface area contributed by atoms with Gasteiger partial charge in [-0.05, 0) is 35.0 Å². The number of rotatable bonds is 4. The molecule has 1 fully saturated rings. The lowest BCUT2D eigenvalue weighted by Crippen LogP contribution is -2.27. The highest BCUT2D eigenvalue weighted by Crippen LogP contribution is 2.39. The van der Waals surface area contributed by atoms with Gasteiger partial charge < -0.3 is 4.74 Å². The zero-order valence-electron chi connectivity index (χ0n) is 15.2. The van der Waals surface area contributed by atoms with E-state index in [2.05, 4.69) is 0 Å². The first-order valence-corrected chi connectivity index (χ1v) is 9.80. The molecule has 6 nitrogen and oxygen atoms in total. The molecule has 3 aromatic rings. The van der Waals surface area contributed by atoms with E-state index in [1.54, 1.807) is 13.2 Å². The molecule has 1 amide bonds. The van der Waals surface area contributed by atoms with Crippen LogP contribution in [0, 0.1) is 10.1 Å². The third-order valence-electron chi connectivity index (χ3n) is 4.54. The van der Waals surface area contributed by atoms with E-state index in [-0.39, 0.29) is 11.6 Å². The SMILES string of the molecule is COc1ccc2ccccc2c1/C=C1/SC(=S)N(c2ccc([N+](=O)[O-])cc2)C1=O. The molecule has 0 saturated carbocycles. The van der Waals surface area contributed by atoms with Gasteiger partial charge in [0.15, 0.2) is 4.32 Å². The minimum Gasteiger partial charge on any atom is -0.496 e. The van der Waals surface area contributed by atoms with Gasteiger partial charge in [-0.2, -0.15) is 0 Å². The maximum absolute atomic E-state index is 13.0. The van der Waals surface area contributed by atoms with Crippen LogP contribution in [0.1, 0.15) is 5.56 Å². The highest BCUT2D eigenvalue weighted by atomic mass is 32.2. The summed E-state index contributed by atoms with van der Waals surface area (Å²) in [5, 5.41) is 12.9. The second kappa shape index (κ2) is 7.65. The maximum atomic E-state index is 13.0. The largest absolute Gasteiger partial charge is 0.496 e. The van der Waals surface area contributed by atoms with Gasteiger partial charge in [-0.15, -0.1) is 0 Å². The molecule has 29 heavy (non-hydrogen) atoms. The molecular formula is C21H14N2O4S2. The number of thioether (sulfide) groups is 1. The van der Waals surface area contributed by atoms with Crippen molar-refractivity contribution in [3.8, 4) is 5.75 Å². The Kier molecular flexibility index (Phi) is 5.04. The van der Waals surface area contributed by atoms with E-state index < -0.39 is 4.92 Å². The van der Waals surface area contributed by atoms with Gasteiger partial charge in [0.25, 0.3) is 11.6 Å². The number of fused-ring (bicyclic) bond motifs is 1. The zero-order chi connectivity index (χ0) is 20.5. The molecule has 0 atom stereocenters. The molecule has 1 heterocycles. The standard InChI is InChI=1S/C21H14N2O4S2/c1-27-18-11-6-13-4-2-3-5-16(13)17(18)12-19-20(24)22(21(28)29-19)14-7-9-15(10-8-14)23(25)26/h2-12H,1H3/b19-12+. The topological polar surface area (TPSA) is 72.7 Å². The van der Waals surface area contributed by atoms with E-state index in [4.69, 9.17) is 17.0 Å². The van der Waals surface area contributed by atoms with Crippen molar-refractivity contribution in [2.75, 3.05) is 12.0 Å². The molecule has 1 aliphatic rings. The molecule has 0 aromatic heterocycles. The molecule has 0 N–H and O–H groups in total. The lowest BCUT2D eigenvalue weighted by molar-refractivity contribution is -0.384. The lowest BCUT2D eigenvalue weighted by atomic mass is 10.0. The van der Waals surface area contributed by atoms with Crippen molar-refractivity contribution >= 4 is 62.4 Å². The summed E-state index contributed by atoms with van der Waals surface area (Å²) in [4.78, 5) is 25.3. The highest BCUT2D eigenvalue weighted by molar-refractivity contribution is 8.27. The first-order valence-electron chi connectivity index (χ1n) is 8.58. The summed E-state index contributed by atoms with van der Waals surface area (Å²) in [6, 6.07) is 17.4. The average molecular weight is 422 g/mol. The van der Waals surface area contributed by atoms with Crippen LogP contribution < -0.4 is 9.64 Å². The van der Waals surface area contributed by atoms with Crippen molar-refractivity contribution < 1.29 is 14.5 Å². The number of hydrogen-bond acceptors (Lipinski definition) is 6. The predicted octanol–water partition coefficient (Wildman–Crippen LogP) is 5.16. The van der Waals surface area contributed by atoms with E-state index in [9.17, 15) is 14.9 Å². The second-order valence-electron chi connectivity index (χ2n) is 6.19. The lowest BCUT2D eigenvalue weighted by Gasteiger charge is -2.14. The third kappa shape index (κ3) is 3.48. The van der Waals surface area contributed by atoms with Crippen molar-refractivity contribution in [1.82, 2.24) is 0 Å². The Hall–Kier alpha value is -3.23. The number of nitro benzene ring substituents is 1. The summed E-state index contributed by atoms with van der Waals surface area (Å²) in [5.41, 5.74) is 1.25. The Morgan fingerprint density at radius 1 is 1.10 bits per heavy atom. The highest BCUT2D eigenvalue weighted by Gasteiger charge is 2.33. The fourth-order valence-electron chi connectivity index (χ4n) is 3.15. The normalized spacial score (nSPS) is 15.3. The van der Waals surface area contributed by atoms with Gasteiger partial charge in [0.2, 0.25) is 0 Å². The molecule has 3 aromatic carbocycles. The number of ether oxygens (including phenoxy) is 1. The number of benzene rings is 3. The molecule has 1 saturated heterocycles. The van der Waals surface area contributed by atoms with Crippen molar-refractivity contribution in [1.29, 1.82) is 0 Å². The summed E-state index contributed by atoms with van der Waals surface area (Å²) in [5.74, 6) is 0.383. The van der Waals surface area contributed by atoms with E-state index in [0.29, 0.717) is 20.7 Å². The smallest absolute Gasteiger partial charge is 0.270 e. The Bertz CT molecular complexity index is 1190. The third-order valence-corrected chi connectivity index (χ3v) is 5.84. The van der Waals surface area contributed by atoms with Crippen molar-refractivity contribution in [2.24, 2.45) is 0 Å². The van der Waals surface area contributed by atoms with Crippen LogP contribution >= 0.6 is 24.0 Å². The summed E-state index contributed by atoms with van der Waals surface area (Å²) in [6.45, 7) is 0. The molecule has 8 heteroatoms. The van der Waals surface area contributed by atoms with Gasteiger partial charge in [0.05, 0.1) is 22.6 Å². The molecular weight excluding hydrogens is 408 g/mol. The molecule has 0 aliphatic carbocycles. The Balaban J connectivity index is 1.75. The number of anilines is 1. The maximum Gasteiger partial charge on any atom is 0.270 e. The first-order chi connectivity index (χ1) is 14.0. The summed E-state index contributed by atoms with van der Waals surface area (Å²) in [6.07, 6.45) is 1.78. The molecule has 0 radical (unpaired) electrons. The monoisotopic (exact) mass is 422 g/mol. The molecule has 0 bridgehead atoms. The number of carbonyl (C=O) groups is 1. The van der Waals surface area contributed by atoms with Crippen LogP contribution in [-0.2, 0) is 4.79 Å². The minimum atomic E-state index is -0.485. The van der Waals surface area contributed by atoms with Gasteiger partial charge in [0, 0.05) is 17.7 Å². The first kappa shape index (κ1) is 19.1. The summed E-state index contributed by atoms with van der Waals surface area (Å²) in [7, 11) is 1.59. The molecule has 1 aliphatic heterocycles. The number of hydrogen-bond donors (Lipinski definition) is 0. The average Bonchev–Trinajstić information content (AvgIpc) is 3.01. The Labute approximate surface area is 175 Å². The number of methoxy groups -OCH3 is 1. The molecule has 0 unspecified atom stereocenters. The Morgan fingerprint density at radius 3 is 2.52 bits per heavy atom.